The second kappa shape index (κ2) is 15.0. The lowest BCUT2D eigenvalue weighted by atomic mass is 10.0. The predicted octanol–water partition coefficient (Wildman–Crippen LogP) is 1.46. The van der Waals surface area contributed by atoms with Gasteiger partial charge in [0.05, 0.1) is 6.54 Å². The van der Waals surface area contributed by atoms with Crippen molar-refractivity contribution in [3.05, 3.63) is 44.7 Å². The van der Waals surface area contributed by atoms with Crippen LogP contribution in [-0.2, 0) is 25.0 Å². The average Bonchev–Trinajstić information content (AvgIpc) is 3.30. The number of carbonyl (C=O) groups excluding carboxylic acids is 2. The molecule has 14 nitrogen and oxygen atoms in total. The summed E-state index contributed by atoms with van der Waals surface area (Å²) in [5, 5.41) is 15.7. The lowest BCUT2D eigenvalue weighted by Gasteiger charge is -2.49. The molecule has 20 heteroatoms. The van der Waals surface area contributed by atoms with Crippen LogP contribution in [0.4, 0.5) is 9.52 Å². The lowest BCUT2D eigenvalue weighted by Crippen LogP contribution is -2.71. The van der Waals surface area contributed by atoms with Crippen LogP contribution in [0.1, 0.15) is 11.3 Å². The summed E-state index contributed by atoms with van der Waals surface area (Å²) in [4.78, 5) is 58.1. The fourth-order valence-corrected chi connectivity index (χ4v) is 8.26. The van der Waals surface area contributed by atoms with E-state index in [4.69, 9.17) is 33.6 Å². The Morgan fingerprint density at radius 1 is 1.37 bits per heavy atom. The van der Waals surface area contributed by atoms with Crippen LogP contribution in [0.2, 0.25) is 4.34 Å². The molecule has 230 valence electrons. The highest BCUT2D eigenvalue weighted by atomic mass is 35.5. The zero-order valence-corrected chi connectivity index (χ0v) is 26.1. The Hall–Kier alpha value is -3.26. The number of aromatic nitrogens is 2. The van der Waals surface area contributed by atoms with Gasteiger partial charge >= 0.3 is 5.97 Å². The van der Waals surface area contributed by atoms with Crippen molar-refractivity contribution < 1.29 is 28.7 Å². The van der Waals surface area contributed by atoms with Crippen LogP contribution in [-0.4, -0.2) is 92.2 Å². The normalized spacial score (nSPS) is 18.1. The summed E-state index contributed by atoms with van der Waals surface area (Å²) >= 11 is 11.2. The molecule has 0 spiro atoms. The van der Waals surface area contributed by atoms with Gasteiger partial charge in [0.15, 0.2) is 16.8 Å². The first kappa shape index (κ1) is 32.6. The molecule has 2 aliphatic heterocycles. The van der Waals surface area contributed by atoms with Crippen molar-refractivity contribution in [2.24, 2.45) is 21.6 Å². The molecule has 0 aromatic carbocycles. The molecule has 4 rings (SSSR count). The van der Waals surface area contributed by atoms with Gasteiger partial charge in [-0.05, 0) is 11.6 Å². The van der Waals surface area contributed by atoms with Gasteiger partial charge in [0.1, 0.15) is 40.4 Å². The Morgan fingerprint density at radius 3 is 2.84 bits per heavy atom. The quantitative estimate of drug-likeness (QED) is 0.0623. The fourth-order valence-electron chi connectivity index (χ4n) is 3.86. The number of rotatable bonds is 14. The molecule has 2 atom stereocenters. The van der Waals surface area contributed by atoms with E-state index in [-0.39, 0.29) is 32.6 Å². The van der Waals surface area contributed by atoms with E-state index in [0.29, 0.717) is 23.0 Å². The van der Waals surface area contributed by atoms with Gasteiger partial charge in [-0.2, -0.15) is 11.8 Å². The highest BCUT2D eigenvalue weighted by Crippen LogP contribution is 2.46. The number of nitrogens with zero attached hydrogens (tertiary/aromatic N) is 5. The minimum atomic E-state index is -1.28. The van der Waals surface area contributed by atoms with Crippen molar-refractivity contribution in [2.75, 3.05) is 37.1 Å². The molecular formula is C23H25ClFN9O5S4. The van der Waals surface area contributed by atoms with Crippen molar-refractivity contribution in [3.63, 3.8) is 0 Å². The highest BCUT2D eigenvalue weighted by Gasteiger charge is 2.54. The van der Waals surface area contributed by atoms with Crippen LogP contribution in [0, 0.1) is 0 Å². The minimum absolute atomic E-state index is 0.0204. The number of β-lactam (4-membered cyclic amide) rings is 1. The number of hydrogen-bond donors (Lipinski definition) is 5. The monoisotopic (exact) mass is 689 g/mol. The number of amides is 2. The van der Waals surface area contributed by atoms with Gasteiger partial charge in [-0.25, -0.2) is 14.2 Å². The molecule has 2 aromatic heterocycles. The molecule has 2 aromatic rings. The molecule has 8 N–H and O–H groups in total. The molecular weight excluding hydrogens is 665 g/mol. The van der Waals surface area contributed by atoms with Crippen molar-refractivity contribution >= 4 is 92.8 Å². The van der Waals surface area contributed by atoms with Crippen molar-refractivity contribution in [2.45, 2.75) is 22.1 Å². The maximum Gasteiger partial charge on any atom is 0.353 e. The number of aliphatic carboxylic acids is 1. The topological polar surface area (TPSA) is 225 Å². The number of thiazole rings is 1. The number of anilines is 1. The first-order valence-electron chi connectivity index (χ1n) is 12.3. The van der Waals surface area contributed by atoms with Crippen molar-refractivity contribution in [1.29, 1.82) is 0 Å². The zero-order valence-electron chi connectivity index (χ0n) is 22.1. The van der Waals surface area contributed by atoms with E-state index in [1.165, 1.54) is 23.5 Å². The average molecular weight is 690 g/mol. The van der Waals surface area contributed by atoms with Crippen LogP contribution < -0.4 is 22.5 Å². The van der Waals surface area contributed by atoms with Gasteiger partial charge in [0.2, 0.25) is 0 Å². The number of carboxylic acid groups (broad SMARTS) is 1. The number of fused-ring (bicyclic) bond motifs is 1. The third-order valence-corrected chi connectivity index (χ3v) is 10.4. The van der Waals surface area contributed by atoms with E-state index in [1.54, 1.807) is 30.2 Å². The molecule has 2 aliphatic rings. The van der Waals surface area contributed by atoms with Gasteiger partial charge in [-0.15, -0.1) is 11.8 Å². The standard InChI is InChI=1S/C23H25ClFN9O5S4/c24-17-13(32-23(28)43-17)14(33-39-5-2-25)18(35)31-15-19(36)34-16(21(37)38)12(9-41-20(15)34)42-11-1-3-29-7-10(11)8-40-6-4-30-22(26)27/h1,3,7,15,20H,2,4-6,8-9H2,(H2,28,32)(H,31,35)(H,37,38)(H4,26,27,30)/b33-14-/t15-,20-/m1/s1. The molecule has 4 heterocycles. The Kier molecular flexibility index (Phi) is 11.4. The molecule has 0 radical (unpaired) electrons. The third kappa shape index (κ3) is 7.83. The van der Waals surface area contributed by atoms with Crippen LogP contribution in [0.15, 0.2) is 44.1 Å². The van der Waals surface area contributed by atoms with Gasteiger partial charge in [-0.1, -0.05) is 39.9 Å². The first-order valence-corrected chi connectivity index (χ1v) is 16.5. The number of carbonyl (C=O) groups is 3. The molecule has 0 unspecified atom stereocenters. The largest absolute Gasteiger partial charge is 0.477 e. The Labute approximate surface area is 266 Å². The van der Waals surface area contributed by atoms with Gasteiger partial charge < -0.3 is 32.5 Å². The summed E-state index contributed by atoms with van der Waals surface area (Å²) in [5.74, 6) is -1.23. The van der Waals surface area contributed by atoms with Crippen molar-refractivity contribution in [1.82, 2.24) is 20.2 Å². The third-order valence-electron chi connectivity index (χ3n) is 5.67. The summed E-state index contributed by atoms with van der Waals surface area (Å²) in [5.41, 5.74) is 16.6. The lowest BCUT2D eigenvalue weighted by molar-refractivity contribution is -0.150. The van der Waals surface area contributed by atoms with E-state index >= 15 is 0 Å². The van der Waals surface area contributed by atoms with Gasteiger partial charge in [0.25, 0.3) is 11.8 Å². The van der Waals surface area contributed by atoms with Crippen LogP contribution in [0.5, 0.6) is 0 Å². The molecule has 1 saturated heterocycles. The summed E-state index contributed by atoms with van der Waals surface area (Å²) in [7, 11) is 0. The number of alkyl halides is 1. The maximum atomic E-state index is 13.2. The predicted molar refractivity (Wildman–Crippen MR) is 167 cm³/mol. The molecule has 43 heavy (non-hydrogen) atoms. The first-order chi connectivity index (χ1) is 20.6. The number of guanidine groups is 1. The molecule has 0 saturated carbocycles. The number of carboxylic acids is 1. The minimum Gasteiger partial charge on any atom is -0.477 e. The second-order valence-corrected chi connectivity index (χ2v) is 13.5. The molecule has 0 aliphatic carbocycles. The summed E-state index contributed by atoms with van der Waals surface area (Å²) < 4.78 is 12.6. The van der Waals surface area contributed by atoms with Crippen molar-refractivity contribution in [3.8, 4) is 0 Å². The number of halogens is 2. The van der Waals surface area contributed by atoms with E-state index in [0.717, 1.165) is 26.7 Å². The number of oxime groups is 1. The molecule has 0 bridgehead atoms. The number of thioether (sulfide) groups is 3. The Bertz CT molecular complexity index is 1490. The van der Waals surface area contributed by atoms with Crippen LogP contribution in [0.3, 0.4) is 0 Å². The molecule has 2 amide bonds. The highest BCUT2D eigenvalue weighted by molar-refractivity contribution is 8.06. The number of pyridine rings is 1. The van der Waals surface area contributed by atoms with Gasteiger partial charge in [0, 0.05) is 39.5 Å². The number of nitrogens with one attached hydrogen (secondary N) is 1. The van der Waals surface area contributed by atoms with E-state index in [1.807, 2.05) is 0 Å². The van der Waals surface area contributed by atoms with E-state index < -0.39 is 48.2 Å². The number of nitrogens with two attached hydrogens (primary N) is 3. The number of hydrogen-bond acceptors (Lipinski definition) is 13. The summed E-state index contributed by atoms with van der Waals surface area (Å²) in [6.45, 7) is -0.824. The summed E-state index contributed by atoms with van der Waals surface area (Å²) in [6, 6.07) is 0.709. The van der Waals surface area contributed by atoms with Gasteiger partial charge in [-0.3, -0.25) is 24.5 Å². The van der Waals surface area contributed by atoms with E-state index in [9.17, 15) is 23.9 Å². The smallest absolute Gasteiger partial charge is 0.353 e. The summed E-state index contributed by atoms with van der Waals surface area (Å²) in [6.07, 6.45) is 3.31. The number of nitrogen functional groups attached to an aromatic ring is 1. The molecule has 1 fully saturated rings. The van der Waals surface area contributed by atoms with E-state index in [2.05, 4.69) is 25.4 Å². The van der Waals surface area contributed by atoms with Crippen LogP contribution >= 0.6 is 58.2 Å². The number of aliphatic imine (C=N–C) groups is 1. The van der Waals surface area contributed by atoms with Crippen LogP contribution in [0.25, 0.3) is 0 Å². The zero-order chi connectivity index (χ0) is 31.1. The second-order valence-electron chi connectivity index (χ2n) is 8.52. The Balaban J connectivity index is 1.49. The fraction of sp³-hybridized carbons (Fsp3) is 0.348. The SMILES string of the molecule is NC(N)=NCCSCc1cnccc1SC1=C(C(=O)O)N2C(=O)[C@@H](NC(=O)/C(=N\OCCF)c3nc(N)sc3Cl)[C@H]2SC1. The maximum absolute atomic E-state index is 13.2. The Morgan fingerprint density at radius 2 is 2.16 bits per heavy atom.